The van der Waals surface area contributed by atoms with Crippen LogP contribution in [0.2, 0.25) is 0 Å². The highest BCUT2D eigenvalue weighted by atomic mass is 16.5. The Hall–Kier alpha value is -0.720. The largest absolute Gasteiger partial charge is 0.491 e. The first-order chi connectivity index (χ1) is 7.61. The van der Waals surface area contributed by atoms with Gasteiger partial charge in [-0.2, -0.15) is 0 Å². The predicted octanol–water partition coefficient (Wildman–Crippen LogP) is 4.60. The summed E-state index contributed by atoms with van der Waals surface area (Å²) in [6.07, 6.45) is 9.99. The molecule has 0 amide bonds. The van der Waals surface area contributed by atoms with Gasteiger partial charge < -0.3 is 4.74 Å². The SMILES string of the molecule is [2H]C(CCCCC)CC1=CC(C)OC(C)=C1. The van der Waals surface area contributed by atoms with Gasteiger partial charge in [-0.15, -0.1) is 0 Å². The second-order valence-corrected chi connectivity index (χ2v) is 4.31. The van der Waals surface area contributed by atoms with Crippen molar-refractivity contribution >= 4 is 0 Å². The maximum atomic E-state index is 8.01. The van der Waals surface area contributed by atoms with Crippen molar-refractivity contribution < 1.29 is 6.11 Å². The monoisotopic (exact) mass is 209 g/mol. The van der Waals surface area contributed by atoms with Crippen LogP contribution in [-0.4, -0.2) is 6.10 Å². The summed E-state index contributed by atoms with van der Waals surface area (Å²) < 4.78 is 13.5. The molecule has 0 radical (unpaired) electrons. The quantitative estimate of drug-likeness (QED) is 0.581. The first kappa shape index (κ1) is 10.8. The zero-order valence-corrected chi connectivity index (χ0v) is 10.3. The second-order valence-electron chi connectivity index (χ2n) is 4.31. The summed E-state index contributed by atoms with van der Waals surface area (Å²) in [6.45, 7) is 6.24. The molecule has 2 unspecified atom stereocenters. The van der Waals surface area contributed by atoms with E-state index in [9.17, 15) is 0 Å². The molecule has 0 fully saturated rings. The average Bonchev–Trinajstić information content (AvgIpc) is 2.16. The van der Waals surface area contributed by atoms with Crippen LogP contribution in [0, 0.1) is 0 Å². The Kier molecular flexibility index (Phi) is 4.82. The van der Waals surface area contributed by atoms with Crippen LogP contribution in [0.4, 0.5) is 0 Å². The predicted molar refractivity (Wildman–Crippen MR) is 65.8 cm³/mol. The van der Waals surface area contributed by atoms with Crippen molar-refractivity contribution in [2.24, 2.45) is 0 Å². The van der Waals surface area contributed by atoms with Crippen molar-refractivity contribution in [1.29, 1.82) is 0 Å². The van der Waals surface area contributed by atoms with E-state index < -0.39 is 0 Å². The maximum Gasteiger partial charge on any atom is 0.114 e. The Bertz CT molecular complexity index is 268. The van der Waals surface area contributed by atoms with Crippen LogP contribution in [-0.2, 0) is 4.74 Å². The van der Waals surface area contributed by atoms with Gasteiger partial charge in [-0.3, -0.25) is 0 Å². The van der Waals surface area contributed by atoms with Crippen LogP contribution in [0.25, 0.3) is 0 Å². The standard InChI is InChI=1S/C14H24O/c1-4-5-6-7-8-9-14-10-12(2)15-13(3)11-14/h10-12H,4-9H2,1-3H3/i8D. The van der Waals surface area contributed by atoms with E-state index in [0.29, 0.717) is 0 Å². The van der Waals surface area contributed by atoms with Gasteiger partial charge in [-0.1, -0.05) is 32.6 Å². The highest BCUT2D eigenvalue weighted by Gasteiger charge is 2.08. The molecular weight excluding hydrogens is 184 g/mol. The fraction of sp³-hybridized carbons (Fsp3) is 0.714. The molecule has 0 aromatic carbocycles. The molecule has 2 atom stereocenters. The van der Waals surface area contributed by atoms with Gasteiger partial charge in [-0.05, 0) is 44.4 Å². The summed E-state index contributed by atoms with van der Waals surface area (Å²) in [5.41, 5.74) is 1.27. The third-order valence-corrected chi connectivity index (χ3v) is 2.60. The van der Waals surface area contributed by atoms with Gasteiger partial charge in [0.15, 0.2) is 0 Å². The molecule has 0 aliphatic carbocycles. The third kappa shape index (κ3) is 5.06. The molecule has 86 valence electrons. The van der Waals surface area contributed by atoms with E-state index in [-0.39, 0.29) is 12.5 Å². The minimum absolute atomic E-state index is 0.0483. The second kappa shape index (κ2) is 6.71. The van der Waals surface area contributed by atoms with Crippen LogP contribution < -0.4 is 0 Å². The summed E-state index contributed by atoms with van der Waals surface area (Å²) in [4.78, 5) is 0. The fourth-order valence-electron chi connectivity index (χ4n) is 1.91. The van der Waals surface area contributed by atoms with E-state index in [1.54, 1.807) is 0 Å². The molecule has 0 spiro atoms. The molecule has 1 rings (SSSR count). The van der Waals surface area contributed by atoms with Gasteiger partial charge in [0.05, 0.1) is 5.76 Å². The molecule has 0 aromatic rings. The molecule has 0 saturated heterocycles. The lowest BCUT2D eigenvalue weighted by molar-refractivity contribution is 0.166. The Balaban J connectivity index is 2.35. The van der Waals surface area contributed by atoms with Gasteiger partial charge in [0, 0.05) is 1.37 Å². The fourth-order valence-corrected chi connectivity index (χ4v) is 1.91. The van der Waals surface area contributed by atoms with E-state index >= 15 is 0 Å². The molecule has 1 heterocycles. The average molecular weight is 209 g/mol. The van der Waals surface area contributed by atoms with Crippen LogP contribution in [0.5, 0.6) is 0 Å². The van der Waals surface area contributed by atoms with Crippen molar-refractivity contribution in [3.63, 3.8) is 0 Å². The van der Waals surface area contributed by atoms with Crippen LogP contribution in [0.3, 0.4) is 0 Å². The minimum atomic E-state index is 0.0483. The van der Waals surface area contributed by atoms with Crippen molar-refractivity contribution in [3.05, 3.63) is 23.5 Å². The smallest absolute Gasteiger partial charge is 0.114 e. The number of hydrogen-bond donors (Lipinski definition) is 0. The van der Waals surface area contributed by atoms with Crippen molar-refractivity contribution in [2.45, 2.75) is 65.4 Å². The zero-order chi connectivity index (χ0) is 12.0. The van der Waals surface area contributed by atoms with Crippen LogP contribution in [0.15, 0.2) is 23.5 Å². The molecule has 0 N–H and O–H groups in total. The Morgan fingerprint density at radius 3 is 2.87 bits per heavy atom. The number of ether oxygens (including phenoxy) is 1. The molecule has 0 bridgehead atoms. The lowest BCUT2D eigenvalue weighted by Crippen LogP contribution is -2.08. The Morgan fingerprint density at radius 2 is 2.20 bits per heavy atom. The molecule has 0 saturated carbocycles. The molecule has 1 nitrogen and oxygen atoms in total. The van der Waals surface area contributed by atoms with E-state index in [2.05, 4.69) is 19.1 Å². The van der Waals surface area contributed by atoms with Gasteiger partial charge in [0.1, 0.15) is 6.10 Å². The Morgan fingerprint density at radius 1 is 1.40 bits per heavy atom. The van der Waals surface area contributed by atoms with Gasteiger partial charge in [0.2, 0.25) is 0 Å². The lowest BCUT2D eigenvalue weighted by atomic mass is 10.0. The third-order valence-electron chi connectivity index (χ3n) is 2.60. The van der Waals surface area contributed by atoms with Crippen molar-refractivity contribution in [3.8, 4) is 0 Å². The molecule has 15 heavy (non-hydrogen) atoms. The van der Waals surface area contributed by atoms with Crippen molar-refractivity contribution in [2.75, 3.05) is 0 Å². The van der Waals surface area contributed by atoms with E-state index in [4.69, 9.17) is 6.11 Å². The van der Waals surface area contributed by atoms with Crippen LogP contribution in [0.1, 0.15) is 60.6 Å². The maximum absolute atomic E-state index is 8.01. The highest BCUT2D eigenvalue weighted by Crippen LogP contribution is 2.20. The summed E-state index contributed by atoms with van der Waals surface area (Å²) in [6, 6.07) is 0. The molecule has 1 aliphatic heterocycles. The van der Waals surface area contributed by atoms with Gasteiger partial charge in [0.25, 0.3) is 0 Å². The van der Waals surface area contributed by atoms with E-state index in [1.807, 2.05) is 13.8 Å². The number of unbranched alkanes of at least 4 members (excludes halogenated alkanes) is 2. The summed E-state index contributed by atoms with van der Waals surface area (Å²) >= 11 is 0. The molecular formula is C14H24O. The zero-order valence-electron chi connectivity index (χ0n) is 11.3. The topological polar surface area (TPSA) is 9.23 Å². The minimum Gasteiger partial charge on any atom is -0.491 e. The summed E-state index contributed by atoms with van der Waals surface area (Å²) in [5.74, 6) is 0.978. The highest BCUT2D eigenvalue weighted by molar-refractivity contribution is 5.24. The lowest BCUT2D eigenvalue weighted by Gasteiger charge is -2.18. The number of hydrogen-bond acceptors (Lipinski definition) is 1. The van der Waals surface area contributed by atoms with E-state index in [1.165, 1.54) is 24.8 Å². The summed E-state index contributed by atoms with van der Waals surface area (Å²) in [7, 11) is 0. The molecule has 0 aromatic heterocycles. The normalized spacial score (nSPS) is 23.7. The van der Waals surface area contributed by atoms with Gasteiger partial charge in [-0.25, -0.2) is 0 Å². The van der Waals surface area contributed by atoms with Crippen molar-refractivity contribution in [1.82, 2.24) is 0 Å². The van der Waals surface area contributed by atoms with Crippen LogP contribution >= 0.6 is 0 Å². The molecule has 1 heteroatoms. The summed E-state index contributed by atoms with van der Waals surface area (Å²) in [5, 5.41) is 0. The van der Waals surface area contributed by atoms with Gasteiger partial charge >= 0.3 is 0 Å². The number of rotatable bonds is 6. The first-order valence-corrected chi connectivity index (χ1v) is 6.09. The Labute approximate surface area is 95.6 Å². The number of allylic oxidation sites excluding steroid dienone is 3. The first-order valence-electron chi connectivity index (χ1n) is 6.67. The van der Waals surface area contributed by atoms with E-state index in [0.717, 1.165) is 18.6 Å². The molecule has 1 aliphatic rings.